The minimum Gasteiger partial charge on any atom is -0.476 e. The van der Waals surface area contributed by atoms with Crippen LogP contribution in [0.3, 0.4) is 0 Å². The first-order chi connectivity index (χ1) is 11.8. The van der Waals surface area contributed by atoms with Gasteiger partial charge in [-0.3, -0.25) is 4.57 Å². The quantitative estimate of drug-likeness (QED) is 0.536. The number of ether oxygens (including phenoxy) is 2. The molecule has 1 aliphatic rings. The molecule has 0 bridgehead atoms. The number of fused-ring (bicyclic) bond motifs is 1. The van der Waals surface area contributed by atoms with Gasteiger partial charge in [-0.15, -0.1) is 0 Å². The molecule has 3 rings (SSSR count). The minimum absolute atomic E-state index is 0.0881. The molecule has 1 aliphatic heterocycles. The van der Waals surface area contributed by atoms with Crippen LogP contribution in [0, 0.1) is 0 Å². The maximum atomic E-state index is 13.5. The monoisotopic (exact) mass is 357 g/mol. The molecule has 2 aromatic heterocycles. The average Bonchev–Trinajstić information content (AvgIpc) is 3.07. The largest absolute Gasteiger partial charge is 0.476 e. The van der Waals surface area contributed by atoms with Crippen molar-refractivity contribution in [3.8, 4) is 5.88 Å². The van der Waals surface area contributed by atoms with E-state index in [1.807, 2.05) is 0 Å². The molecule has 25 heavy (non-hydrogen) atoms. The number of aliphatic hydroxyl groups is 3. The summed E-state index contributed by atoms with van der Waals surface area (Å²) in [6.45, 7) is 1.36. The molecule has 0 saturated carbocycles. The zero-order valence-corrected chi connectivity index (χ0v) is 13.8. The molecular weight excluding hydrogens is 337 g/mol. The summed E-state index contributed by atoms with van der Waals surface area (Å²) in [4.78, 5) is 12.2. The lowest BCUT2D eigenvalue weighted by Gasteiger charge is -2.29. The van der Waals surface area contributed by atoms with Crippen LogP contribution in [0.4, 0.5) is 10.3 Å². The number of nitrogen functional groups attached to an aromatic ring is 1. The van der Waals surface area contributed by atoms with Crippen molar-refractivity contribution in [2.75, 3.05) is 25.6 Å². The third-order valence-corrected chi connectivity index (χ3v) is 4.33. The fourth-order valence-corrected chi connectivity index (χ4v) is 3.00. The van der Waals surface area contributed by atoms with E-state index in [2.05, 4.69) is 15.0 Å². The maximum Gasteiger partial charge on any atom is 0.247 e. The van der Waals surface area contributed by atoms with Crippen LogP contribution in [0.5, 0.6) is 5.88 Å². The van der Waals surface area contributed by atoms with E-state index < -0.39 is 36.8 Å². The van der Waals surface area contributed by atoms with Gasteiger partial charge in [-0.05, 0) is 13.8 Å². The molecule has 4 atom stereocenters. The summed E-state index contributed by atoms with van der Waals surface area (Å²) in [5.41, 5.74) is 2.26. The van der Waals surface area contributed by atoms with Crippen molar-refractivity contribution < 1.29 is 29.2 Å². The van der Waals surface area contributed by atoms with E-state index in [0.29, 0.717) is 6.61 Å². The third-order valence-electron chi connectivity index (χ3n) is 4.33. The van der Waals surface area contributed by atoms with Gasteiger partial charge >= 0.3 is 0 Å². The molecule has 138 valence electrons. The minimum atomic E-state index is -1.95. The Morgan fingerprint density at radius 1 is 1.48 bits per heavy atom. The number of rotatable bonds is 5. The summed E-state index contributed by atoms with van der Waals surface area (Å²) in [5.74, 6) is 0.0654. The average molecular weight is 357 g/mol. The number of nitrogens with zero attached hydrogens (tertiary/aromatic N) is 4. The highest BCUT2D eigenvalue weighted by atomic mass is 19.1. The van der Waals surface area contributed by atoms with Gasteiger partial charge in [-0.25, -0.2) is 9.37 Å². The number of imidazole rings is 1. The molecule has 2 aromatic rings. The number of aromatic nitrogens is 4. The first-order valence-corrected chi connectivity index (χ1v) is 7.68. The van der Waals surface area contributed by atoms with Crippen molar-refractivity contribution in [1.82, 2.24) is 19.5 Å². The van der Waals surface area contributed by atoms with E-state index in [-0.39, 0.29) is 23.0 Å². The Bertz CT molecular complexity index is 778. The van der Waals surface area contributed by atoms with E-state index in [1.54, 1.807) is 6.92 Å². The lowest BCUT2D eigenvalue weighted by Crippen LogP contribution is -2.52. The topological polar surface area (TPSA) is 149 Å². The molecule has 5 N–H and O–H groups in total. The van der Waals surface area contributed by atoms with Gasteiger partial charge in [0.15, 0.2) is 23.0 Å². The van der Waals surface area contributed by atoms with Crippen molar-refractivity contribution in [1.29, 1.82) is 0 Å². The standard InChI is InChI=1S/C14H20FN5O5/c1-3-24-9-7-8(18-12(16)19-9)20(6-17-7)11-13(2,23)10(22)14(4-15,5-21)25-11/h6,10-11,21-23H,3-5H2,1-2H3,(H2,16,18,19)/t10-,11+,13+,14+/m0/s1. The number of hydrogen-bond acceptors (Lipinski definition) is 9. The van der Waals surface area contributed by atoms with Crippen molar-refractivity contribution >= 4 is 17.1 Å². The molecule has 0 radical (unpaired) electrons. The summed E-state index contributed by atoms with van der Waals surface area (Å²) in [5, 5.41) is 30.5. The number of anilines is 1. The smallest absolute Gasteiger partial charge is 0.247 e. The molecule has 1 saturated heterocycles. The summed E-state index contributed by atoms with van der Waals surface area (Å²) in [6, 6.07) is 0. The zero-order valence-electron chi connectivity index (χ0n) is 13.8. The van der Waals surface area contributed by atoms with E-state index in [4.69, 9.17) is 15.2 Å². The Morgan fingerprint density at radius 3 is 2.76 bits per heavy atom. The van der Waals surface area contributed by atoms with E-state index in [9.17, 15) is 19.7 Å². The van der Waals surface area contributed by atoms with E-state index in [0.717, 1.165) is 0 Å². The Balaban J connectivity index is 2.13. The predicted octanol–water partition coefficient (Wildman–Crippen LogP) is -0.852. The molecule has 0 aliphatic carbocycles. The van der Waals surface area contributed by atoms with Crippen molar-refractivity contribution in [2.24, 2.45) is 0 Å². The Morgan fingerprint density at radius 2 is 2.20 bits per heavy atom. The van der Waals surface area contributed by atoms with Crippen LogP contribution < -0.4 is 10.5 Å². The summed E-state index contributed by atoms with van der Waals surface area (Å²) in [6.07, 6.45) is -1.65. The summed E-state index contributed by atoms with van der Waals surface area (Å²) < 4.78 is 25.7. The lowest BCUT2D eigenvalue weighted by atomic mass is 9.88. The normalized spacial score (nSPS) is 32.4. The Hall–Kier alpha value is -2.08. The molecule has 11 heteroatoms. The summed E-state index contributed by atoms with van der Waals surface area (Å²) >= 11 is 0. The zero-order chi connectivity index (χ0) is 18.4. The first-order valence-electron chi connectivity index (χ1n) is 7.68. The fraction of sp³-hybridized carbons (Fsp3) is 0.643. The number of aliphatic hydroxyl groups excluding tert-OH is 2. The highest BCUT2D eigenvalue weighted by Gasteiger charge is 2.62. The van der Waals surface area contributed by atoms with Crippen molar-refractivity contribution in [2.45, 2.75) is 37.4 Å². The van der Waals surface area contributed by atoms with Crippen LogP contribution in [-0.2, 0) is 4.74 Å². The van der Waals surface area contributed by atoms with Crippen LogP contribution in [0.25, 0.3) is 11.2 Å². The Labute approximate surface area is 142 Å². The van der Waals surface area contributed by atoms with Gasteiger partial charge in [0.05, 0.1) is 19.5 Å². The van der Waals surface area contributed by atoms with E-state index in [1.165, 1.54) is 17.8 Å². The Kier molecular flexibility index (Phi) is 4.27. The molecule has 3 heterocycles. The van der Waals surface area contributed by atoms with Gasteiger partial charge in [0, 0.05) is 0 Å². The van der Waals surface area contributed by atoms with Gasteiger partial charge in [0.2, 0.25) is 11.8 Å². The first kappa shape index (κ1) is 17.7. The van der Waals surface area contributed by atoms with Gasteiger partial charge < -0.3 is 30.5 Å². The number of alkyl halides is 1. The molecule has 0 spiro atoms. The summed E-state index contributed by atoms with van der Waals surface area (Å²) in [7, 11) is 0. The molecule has 0 amide bonds. The van der Waals surface area contributed by atoms with Gasteiger partial charge in [-0.2, -0.15) is 9.97 Å². The number of hydrogen-bond donors (Lipinski definition) is 4. The fourth-order valence-electron chi connectivity index (χ4n) is 3.00. The van der Waals surface area contributed by atoms with E-state index >= 15 is 0 Å². The molecule has 1 fully saturated rings. The van der Waals surface area contributed by atoms with Crippen LogP contribution in [0.1, 0.15) is 20.1 Å². The number of halogens is 1. The molecule has 0 aromatic carbocycles. The molecular formula is C14H20FN5O5. The second kappa shape index (κ2) is 6.02. The van der Waals surface area contributed by atoms with Gasteiger partial charge in [0.25, 0.3) is 0 Å². The van der Waals surface area contributed by atoms with Crippen molar-refractivity contribution in [3.63, 3.8) is 0 Å². The molecule has 10 nitrogen and oxygen atoms in total. The second-order valence-corrected chi connectivity index (χ2v) is 6.10. The van der Waals surface area contributed by atoms with Crippen LogP contribution in [0.15, 0.2) is 6.33 Å². The lowest BCUT2D eigenvalue weighted by molar-refractivity contribution is -0.137. The highest BCUT2D eigenvalue weighted by Crippen LogP contribution is 2.45. The van der Waals surface area contributed by atoms with Crippen molar-refractivity contribution in [3.05, 3.63) is 6.33 Å². The van der Waals surface area contributed by atoms with Crippen LogP contribution in [0.2, 0.25) is 0 Å². The van der Waals surface area contributed by atoms with Crippen LogP contribution >= 0.6 is 0 Å². The third kappa shape index (κ3) is 2.51. The van der Waals surface area contributed by atoms with Gasteiger partial charge in [0.1, 0.15) is 18.4 Å². The molecule has 0 unspecified atom stereocenters. The number of nitrogens with two attached hydrogens (primary N) is 1. The predicted molar refractivity (Wildman–Crippen MR) is 83.4 cm³/mol. The SMILES string of the molecule is CCOc1nc(N)nc2c1ncn2[C@@H]1O[C@@](CO)(CF)[C@@H](O)[C@@]1(C)O. The van der Waals surface area contributed by atoms with Crippen LogP contribution in [-0.4, -0.2) is 72.0 Å². The maximum absolute atomic E-state index is 13.5. The second-order valence-electron chi connectivity index (χ2n) is 6.10. The highest BCUT2D eigenvalue weighted by molar-refractivity contribution is 5.77. The van der Waals surface area contributed by atoms with Gasteiger partial charge in [-0.1, -0.05) is 0 Å².